The second-order valence-corrected chi connectivity index (χ2v) is 5.10. The van der Waals surface area contributed by atoms with Crippen LogP contribution in [-0.4, -0.2) is 4.98 Å². The molecule has 76 valence electrons. The number of aromatic nitrogens is 1. The van der Waals surface area contributed by atoms with Crippen molar-refractivity contribution in [1.29, 1.82) is 0 Å². The van der Waals surface area contributed by atoms with Gasteiger partial charge in [0, 0.05) is 21.8 Å². The molecule has 14 heavy (non-hydrogen) atoms. The Morgan fingerprint density at radius 1 is 1.21 bits per heavy atom. The quantitative estimate of drug-likeness (QED) is 0.731. The molecule has 1 fully saturated rings. The third kappa shape index (κ3) is 2.35. The fourth-order valence-corrected chi connectivity index (χ4v) is 2.82. The van der Waals surface area contributed by atoms with Crippen LogP contribution >= 0.6 is 15.9 Å². The Labute approximate surface area is 94.1 Å². The van der Waals surface area contributed by atoms with Crippen LogP contribution in [0, 0.1) is 6.92 Å². The second-order valence-electron chi connectivity index (χ2n) is 4.19. The van der Waals surface area contributed by atoms with Crippen molar-refractivity contribution < 1.29 is 0 Å². The van der Waals surface area contributed by atoms with E-state index in [-0.39, 0.29) is 0 Å². The van der Waals surface area contributed by atoms with Crippen molar-refractivity contribution >= 4 is 15.9 Å². The van der Waals surface area contributed by atoms with E-state index < -0.39 is 0 Å². The topological polar surface area (TPSA) is 12.9 Å². The average Bonchev–Trinajstić information content (AvgIpc) is 2.18. The third-order valence-corrected chi connectivity index (χ3v) is 3.42. The predicted molar refractivity (Wildman–Crippen MR) is 62.5 cm³/mol. The highest BCUT2D eigenvalue weighted by Crippen LogP contribution is 2.32. The van der Waals surface area contributed by atoms with Gasteiger partial charge in [0.05, 0.1) is 0 Å². The van der Waals surface area contributed by atoms with E-state index in [4.69, 9.17) is 0 Å². The molecule has 1 saturated carbocycles. The highest BCUT2D eigenvalue weighted by molar-refractivity contribution is 9.10. The van der Waals surface area contributed by atoms with Crippen molar-refractivity contribution in [2.45, 2.75) is 44.9 Å². The molecule has 2 heteroatoms. The minimum Gasteiger partial charge on any atom is -0.258 e. The molecular weight excluding hydrogens is 238 g/mol. The number of hydrogen-bond acceptors (Lipinski definition) is 1. The summed E-state index contributed by atoms with van der Waals surface area (Å²) in [6.45, 7) is 2.07. The van der Waals surface area contributed by atoms with E-state index in [1.54, 1.807) is 0 Å². The molecule has 1 heterocycles. The number of pyridine rings is 1. The molecule has 2 rings (SSSR count). The molecular formula is C12H16BrN. The summed E-state index contributed by atoms with van der Waals surface area (Å²) in [5, 5.41) is 0. The fraction of sp³-hybridized carbons (Fsp3) is 0.583. The van der Waals surface area contributed by atoms with Gasteiger partial charge in [-0.3, -0.25) is 4.98 Å². The maximum absolute atomic E-state index is 4.63. The zero-order valence-corrected chi connectivity index (χ0v) is 10.2. The highest BCUT2D eigenvalue weighted by atomic mass is 79.9. The van der Waals surface area contributed by atoms with Crippen molar-refractivity contribution in [1.82, 2.24) is 4.98 Å². The van der Waals surface area contributed by atoms with Gasteiger partial charge in [0.2, 0.25) is 0 Å². The van der Waals surface area contributed by atoms with Gasteiger partial charge in [-0.15, -0.1) is 0 Å². The van der Waals surface area contributed by atoms with E-state index in [0.29, 0.717) is 5.92 Å². The Kier molecular flexibility index (Phi) is 3.22. The summed E-state index contributed by atoms with van der Waals surface area (Å²) in [6, 6.07) is 4.26. The van der Waals surface area contributed by atoms with Gasteiger partial charge in [0.25, 0.3) is 0 Å². The lowest BCUT2D eigenvalue weighted by atomic mass is 9.86. The summed E-state index contributed by atoms with van der Waals surface area (Å²) in [4.78, 5) is 4.63. The minimum absolute atomic E-state index is 0.708. The largest absolute Gasteiger partial charge is 0.258 e. The fourth-order valence-electron chi connectivity index (χ4n) is 2.26. The summed E-state index contributed by atoms with van der Waals surface area (Å²) >= 11 is 3.54. The number of rotatable bonds is 1. The molecule has 1 nitrogen and oxygen atoms in total. The van der Waals surface area contributed by atoms with E-state index in [0.717, 1.165) is 5.69 Å². The molecule has 0 aliphatic heterocycles. The molecule has 0 bridgehead atoms. The van der Waals surface area contributed by atoms with Gasteiger partial charge in [-0.05, 0) is 31.9 Å². The molecule has 1 aromatic rings. The Balaban J connectivity index is 2.21. The van der Waals surface area contributed by atoms with Crippen molar-refractivity contribution in [3.8, 4) is 0 Å². The maximum atomic E-state index is 4.63. The van der Waals surface area contributed by atoms with Crippen LogP contribution in [0.3, 0.4) is 0 Å². The summed E-state index contributed by atoms with van der Waals surface area (Å²) in [5.74, 6) is 0.708. The summed E-state index contributed by atoms with van der Waals surface area (Å²) in [7, 11) is 0. The monoisotopic (exact) mass is 253 g/mol. The Morgan fingerprint density at radius 2 is 1.93 bits per heavy atom. The Bertz CT molecular complexity index is 296. The summed E-state index contributed by atoms with van der Waals surface area (Å²) < 4.78 is 1.17. The highest BCUT2D eigenvalue weighted by Gasteiger charge is 2.16. The van der Waals surface area contributed by atoms with Gasteiger partial charge in [0.1, 0.15) is 0 Å². The first-order valence-corrected chi connectivity index (χ1v) is 6.19. The van der Waals surface area contributed by atoms with Crippen LogP contribution in [0.25, 0.3) is 0 Å². The predicted octanol–water partition coefficient (Wildman–Crippen LogP) is 4.20. The van der Waals surface area contributed by atoms with Crippen LogP contribution in [0.2, 0.25) is 0 Å². The van der Waals surface area contributed by atoms with Gasteiger partial charge >= 0.3 is 0 Å². The molecule has 0 atom stereocenters. The molecule has 1 aliphatic carbocycles. The maximum Gasteiger partial charge on any atom is 0.0448 e. The van der Waals surface area contributed by atoms with E-state index in [9.17, 15) is 0 Å². The second kappa shape index (κ2) is 4.43. The van der Waals surface area contributed by atoms with E-state index in [1.165, 1.54) is 42.3 Å². The van der Waals surface area contributed by atoms with Crippen LogP contribution in [-0.2, 0) is 0 Å². The van der Waals surface area contributed by atoms with Gasteiger partial charge in [-0.25, -0.2) is 0 Å². The number of hydrogen-bond donors (Lipinski definition) is 0. The van der Waals surface area contributed by atoms with Crippen molar-refractivity contribution in [2.24, 2.45) is 0 Å². The third-order valence-electron chi connectivity index (χ3n) is 2.96. The molecule has 1 aliphatic rings. The van der Waals surface area contributed by atoms with Crippen molar-refractivity contribution in [3.05, 3.63) is 28.0 Å². The Morgan fingerprint density at radius 3 is 2.57 bits per heavy atom. The molecule has 0 aromatic carbocycles. The molecule has 0 radical (unpaired) electrons. The van der Waals surface area contributed by atoms with Crippen molar-refractivity contribution in [3.63, 3.8) is 0 Å². The molecule has 0 saturated heterocycles. The first-order valence-electron chi connectivity index (χ1n) is 5.40. The van der Waals surface area contributed by atoms with Crippen LogP contribution in [0.4, 0.5) is 0 Å². The van der Waals surface area contributed by atoms with Crippen molar-refractivity contribution in [2.75, 3.05) is 0 Å². The molecule has 0 unspecified atom stereocenters. The van der Waals surface area contributed by atoms with E-state index in [1.807, 2.05) is 0 Å². The first-order chi connectivity index (χ1) is 6.75. The number of nitrogens with zero attached hydrogens (tertiary/aromatic N) is 1. The molecule has 0 spiro atoms. The lowest BCUT2D eigenvalue weighted by molar-refractivity contribution is 0.436. The molecule has 0 amide bonds. The van der Waals surface area contributed by atoms with E-state index in [2.05, 4.69) is 40.0 Å². The Hall–Kier alpha value is -0.370. The van der Waals surface area contributed by atoms with Crippen LogP contribution in [0.1, 0.15) is 49.4 Å². The molecule has 0 N–H and O–H groups in total. The van der Waals surface area contributed by atoms with Gasteiger partial charge in [0.15, 0.2) is 0 Å². The molecule has 1 aromatic heterocycles. The van der Waals surface area contributed by atoms with Gasteiger partial charge < -0.3 is 0 Å². The normalized spacial score (nSPS) is 18.4. The zero-order chi connectivity index (χ0) is 9.97. The SMILES string of the molecule is Cc1cc(Br)cc(C2CCCCC2)n1. The van der Waals surface area contributed by atoms with Gasteiger partial charge in [-0.2, -0.15) is 0 Å². The summed E-state index contributed by atoms with van der Waals surface area (Å²) in [5.41, 5.74) is 2.41. The average molecular weight is 254 g/mol. The minimum atomic E-state index is 0.708. The van der Waals surface area contributed by atoms with Crippen LogP contribution in [0.15, 0.2) is 16.6 Å². The zero-order valence-electron chi connectivity index (χ0n) is 8.59. The van der Waals surface area contributed by atoms with Crippen LogP contribution in [0.5, 0.6) is 0 Å². The standard InChI is InChI=1S/C12H16BrN/c1-9-7-11(13)8-12(14-9)10-5-3-2-4-6-10/h7-8,10H,2-6H2,1H3. The first kappa shape index (κ1) is 10.2. The lowest BCUT2D eigenvalue weighted by Gasteiger charge is -2.21. The van der Waals surface area contributed by atoms with Crippen LogP contribution < -0.4 is 0 Å². The lowest BCUT2D eigenvalue weighted by Crippen LogP contribution is -2.07. The summed E-state index contributed by atoms with van der Waals surface area (Å²) in [6.07, 6.45) is 6.80. The van der Waals surface area contributed by atoms with E-state index >= 15 is 0 Å². The number of halogens is 1. The smallest absolute Gasteiger partial charge is 0.0448 e. The number of aryl methyl sites for hydroxylation is 1. The van der Waals surface area contributed by atoms with Gasteiger partial charge in [-0.1, -0.05) is 35.2 Å².